The van der Waals surface area contributed by atoms with Crippen LogP contribution in [0.4, 0.5) is 5.69 Å². The smallest absolute Gasteiger partial charge is 0.243 e. The maximum absolute atomic E-state index is 14.0. The van der Waals surface area contributed by atoms with Crippen molar-refractivity contribution in [2.45, 2.75) is 70.0 Å². The van der Waals surface area contributed by atoms with Crippen LogP contribution in [-0.4, -0.2) is 50.0 Å². The molecule has 1 N–H and O–H groups in total. The van der Waals surface area contributed by atoms with Gasteiger partial charge < -0.3 is 10.2 Å². The number of rotatable bonds is 13. The molecule has 1 aliphatic rings. The van der Waals surface area contributed by atoms with Crippen molar-refractivity contribution in [1.82, 2.24) is 10.2 Å². The summed E-state index contributed by atoms with van der Waals surface area (Å²) in [6, 6.07) is 25.2. The molecule has 0 radical (unpaired) electrons. The molecule has 1 aliphatic carbocycles. The molecule has 42 heavy (non-hydrogen) atoms. The Labute approximate surface area is 254 Å². The maximum Gasteiger partial charge on any atom is 0.243 e. The zero-order valence-corrected chi connectivity index (χ0v) is 25.7. The summed E-state index contributed by atoms with van der Waals surface area (Å²) in [6.07, 6.45) is 7.13. The molecular weight excluding hydrogens is 570 g/mol. The van der Waals surface area contributed by atoms with Crippen molar-refractivity contribution in [2.24, 2.45) is 0 Å². The molecule has 224 valence electrons. The van der Waals surface area contributed by atoms with Crippen LogP contribution in [0, 0.1) is 0 Å². The second kappa shape index (κ2) is 15.2. The van der Waals surface area contributed by atoms with Gasteiger partial charge in [-0.05, 0) is 54.7 Å². The van der Waals surface area contributed by atoms with E-state index < -0.39 is 16.1 Å². The number of sulfonamides is 1. The van der Waals surface area contributed by atoms with Crippen molar-refractivity contribution in [2.75, 3.05) is 17.1 Å². The molecule has 1 atom stereocenters. The topological polar surface area (TPSA) is 86.8 Å². The van der Waals surface area contributed by atoms with Crippen LogP contribution in [-0.2, 0) is 32.6 Å². The molecule has 2 amide bonds. The summed E-state index contributed by atoms with van der Waals surface area (Å²) in [5, 5.41) is 3.79. The molecule has 4 rings (SSSR count). The number of carbonyl (C=O) groups is 2. The Balaban J connectivity index is 1.58. The summed E-state index contributed by atoms with van der Waals surface area (Å²) in [6.45, 7) is 0.362. The largest absolute Gasteiger partial charge is 0.352 e. The first-order chi connectivity index (χ1) is 20.2. The van der Waals surface area contributed by atoms with Crippen molar-refractivity contribution in [3.8, 4) is 0 Å². The average molecular weight is 610 g/mol. The molecule has 0 unspecified atom stereocenters. The van der Waals surface area contributed by atoms with E-state index >= 15 is 0 Å². The predicted molar refractivity (Wildman–Crippen MR) is 169 cm³/mol. The highest BCUT2D eigenvalue weighted by Gasteiger charge is 2.32. The number of amides is 2. The molecular formula is C33H40ClN3O4S. The van der Waals surface area contributed by atoms with Crippen molar-refractivity contribution in [1.29, 1.82) is 0 Å². The third-order valence-corrected chi connectivity index (χ3v) is 9.09. The lowest BCUT2D eigenvalue weighted by Gasteiger charge is -2.34. The lowest BCUT2D eigenvalue weighted by Crippen LogP contribution is -2.52. The standard InChI is InChI=1S/C33H40ClN3O4S/c1-42(40,41)37(30-19-9-4-10-20-30)22-12-21-32(38)36(25-27-15-11-16-28(34)23-27)31(24-26-13-5-2-6-14-26)33(39)35-29-17-7-3-8-18-29/h2,4-6,9-11,13-16,19-20,23,29,31H,3,7-8,12,17-18,21-22,24-25H2,1H3,(H,35,39)/t31-/m0/s1. The fourth-order valence-corrected chi connectivity index (χ4v) is 6.71. The molecule has 3 aromatic rings. The molecule has 9 heteroatoms. The van der Waals surface area contributed by atoms with Gasteiger partial charge in [0.15, 0.2) is 0 Å². The van der Waals surface area contributed by atoms with Gasteiger partial charge in [0.2, 0.25) is 21.8 Å². The Morgan fingerprint density at radius 1 is 0.905 bits per heavy atom. The summed E-state index contributed by atoms with van der Waals surface area (Å²) < 4.78 is 26.5. The molecule has 1 fully saturated rings. The van der Waals surface area contributed by atoms with Crippen LogP contribution in [0.15, 0.2) is 84.9 Å². The van der Waals surface area contributed by atoms with E-state index in [2.05, 4.69) is 5.32 Å². The van der Waals surface area contributed by atoms with E-state index in [1.54, 1.807) is 41.3 Å². The normalized spacial score (nSPS) is 14.6. The van der Waals surface area contributed by atoms with E-state index in [1.165, 1.54) is 17.0 Å². The maximum atomic E-state index is 14.0. The first kappa shape index (κ1) is 31.6. The number of carbonyl (C=O) groups excluding carboxylic acids is 2. The van der Waals surface area contributed by atoms with Gasteiger partial charge in [0.25, 0.3) is 0 Å². The quantitative estimate of drug-likeness (QED) is 0.258. The van der Waals surface area contributed by atoms with Crippen LogP contribution < -0.4 is 9.62 Å². The Morgan fingerprint density at radius 2 is 1.55 bits per heavy atom. The van der Waals surface area contributed by atoms with Gasteiger partial charge in [0.1, 0.15) is 6.04 Å². The number of halogens is 1. The van der Waals surface area contributed by atoms with Gasteiger partial charge in [-0.1, -0.05) is 91.5 Å². The highest BCUT2D eigenvalue weighted by Crippen LogP contribution is 2.22. The monoisotopic (exact) mass is 609 g/mol. The van der Waals surface area contributed by atoms with E-state index in [9.17, 15) is 18.0 Å². The molecule has 3 aromatic carbocycles. The third kappa shape index (κ3) is 9.33. The van der Waals surface area contributed by atoms with Crippen LogP contribution in [0.25, 0.3) is 0 Å². The van der Waals surface area contributed by atoms with E-state index in [0.29, 0.717) is 23.6 Å². The third-order valence-electron chi connectivity index (χ3n) is 7.66. The van der Waals surface area contributed by atoms with Crippen molar-refractivity contribution < 1.29 is 18.0 Å². The number of hydrogen-bond donors (Lipinski definition) is 1. The van der Waals surface area contributed by atoms with E-state index in [0.717, 1.165) is 36.8 Å². The fourth-order valence-electron chi connectivity index (χ4n) is 5.53. The number of nitrogens with one attached hydrogen (secondary N) is 1. The predicted octanol–water partition coefficient (Wildman–Crippen LogP) is 5.98. The van der Waals surface area contributed by atoms with Gasteiger partial charge in [-0.3, -0.25) is 13.9 Å². The minimum atomic E-state index is -3.55. The lowest BCUT2D eigenvalue weighted by molar-refractivity contribution is -0.141. The van der Waals surface area contributed by atoms with Gasteiger partial charge in [-0.25, -0.2) is 8.42 Å². The molecule has 0 spiro atoms. The van der Waals surface area contributed by atoms with Crippen LogP contribution in [0.1, 0.15) is 56.1 Å². The van der Waals surface area contributed by atoms with Gasteiger partial charge in [-0.15, -0.1) is 0 Å². The Morgan fingerprint density at radius 3 is 2.19 bits per heavy atom. The minimum Gasteiger partial charge on any atom is -0.352 e. The number of benzene rings is 3. The van der Waals surface area contributed by atoms with E-state index in [-0.39, 0.29) is 37.4 Å². The summed E-state index contributed by atoms with van der Waals surface area (Å²) >= 11 is 6.28. The van der Waals surface area contributed by atoms with Crippen molar-refractivity contribution in [3.05, 3.63) is 101 Å². The molecule has 0 bridgehead atoms. The number of para-hydroxylation sites is 1. The lowest BCUT2D eigenvalue weighted by atomic mass is 9.94. The number of anilines is 1. The number of hydrogen-bond acceptors (Lipinski definition) is 4. The summed E-state index contributed by atoms with van der Waals surface area (Å²) in [5.74, 6) is -0.376. The van der Waals surface area contributed by atoms with E-state index in [4.69, 9.17) is 11.6 Å². The average Bonchev–Trinajstić information content (AvgIpc) is 2.98. The Kier molecular flexibility index (Phi) is 11.4. The SMILES string of the molecule is CS(=O)(=O)N(CCCC(=O)N(Cc1cccc(Cl)c1)[C@@H](Cc1ccccc1)C(=O)NC1CCCCC1)c1ccccc1. The Hall–Kier alpha value is -3.36. The zero-order valence-electron chi connectivity index (χ0n) is 24.1. The summed E-state index contributed by atoms with van der Waals surface area (Å²) in [7, 11) is -3.55. The van der Waals surface area contributed by atoms with Crippen LogP contribution >= 0.6 is 11.6 Å². The van der Waals surface area contributed by atoms with Crippen molar-refractivity contribution >= 4 is 39.1 Å². The van der Waals surface area contributed by atoms with Gasteiger partial charge in [0, 0.05) is 37.0 Å². The molecule has 7 nitrogen and oxygen atoms in total. The van der Waals surface area contributed by atoms with Crippen LogP contribution in [0.5, 0.6) is 0 Å². The van der Waals surface area contributed by atoms with E-state index in [1.807, 2.05) is 48.5 Å². The highest BCUT2D eigenvalue weighted by molar-refractivity contribution is 7.92. The fraction of sp³-hybridized carbons (Fsp3) is 0.394. The van der Waals surface area contributed by atoms with Gasteiger partial charge >= 0.3 is 0 Å². The van der Waals surface area contributed by atoms with Gasteiger partial charge in [0.05, 0.1) is 11.9 Å². The summed E-state index contributed by atoms with van der Waals surface area (Å²) in [5.41, 5.74) is 2.33. The number of nitrogens with zero attached hydrogens (tertiary/aromatic N) is 2. The first-order valence-electron chi connectivity index (χ1n) is 14.6. The minimum absolute atomic E-state index is 0.0847. The molecule has 1 saturated carbocycles. The Bertz CT molecular complexity index is 1410. The zero-order chi connectivity index (χ0) is 30.0. The molecule has 0 aromatic heterocycles. The van der Waals surface area contributed by atoms with Crippen LogP contribution in [0.3, 0.4) is 0 Å². The second-order valence-electron chi connectivity index (χ2n) is 11.0. The van der Waals surface area contributed by atoms with Crippen molar-refractivity contribution in [3.63, 3.8) is 0 Å². The van der Waals surface area contributed by atoms with Gasteiger partial charge in [-0.2, -0.15) is 0 Å². The second-order valence-corrected chi connectivity index (χ2v) is 13.3. The van der Waals surface area contributed by atoms with Crippen LogP contribution in [0.2, 0.25) is 5.02 Å². The molecule has 0 heterocycles. The molecule has 0 aliphatic heterocycles. The summed E-state index contributed by atoms with van der Waals surface area (Å²) in [4.78, 5) is 29.5. The highest BCUT2D eigenvalue weighted by atomic mass is 35.5. The molecule has 0 saturated heterocycles. The first-order valence-corrected chi connectivity index (χ1v) is 16.8.